The van der Waals surface area contributed by atoms with E-state index >= 15 is 0 Å². The third kappa shape index (κ3) is 3.76. The molecule has 0 atom stereocenters. The van der Waals surface area contributed by atoms with Crippen molar-refractivity contribution in [3.63, 3.8) is 0 Å². The summed E-state index contributed by atoms with van der Waals surface area (Å²) in [5.41, 5.74) is 11.2. The molecule has 0 N–H and O–H groups in total. The second kappa shape index (κ2) is 9.76. The summed E-state index contributed by atoms with van der Waals surface area (Å²) in [6, 6.07) is 55.3. The first-order valence-corrected chi connectivity index (χ1v) is 23.2. The van der Waals surface area contributed by atoms with Crippen LogP contribution in [-0.4, -0.2) is 16.1 Å². The molecule has 0 saturated heterocycles. The van der Waals surface area contributed by atoms with Crippen LogP contribution >= 0.6 is 0 Å². The highest BCUT2D eigenvalue weighted by Crippen LogP contribution is 2.43. The lowest BCUT2D eigenvalue weighted by Crippen LogP contribution is -2.63. The molecule has 2 aliphatic heterocycles. The topological polar surface area (TPSA) is 0 Å². The molecule has 8 aromatic rings. The van der Waals surface area contributed by atoms with Crippen molar-refractivity contribution in [2.45, 2.75) is 26.2 Å². The van der Waals surface area contributed by atoms with Gasteiger partial charge in [0.05, 0.1) is 0 Å². The molecule has 0 bridgehead atoms. The van der Waals surface area contributed by atoms with Crippen LogP contribution in [0, 0.1) is 0 Å². The van der Waals surface area contributed by atoms with E-state index < -0.39 is 16.1 Å². The zero-order valence-electron chi connectivity index (χ0n) is 27.9. The van der Waals surface area contributed by atoms with E-state index in [-0.39, 0.29) is 0 Å². The first-order valence-electron chi connectivity index (χ1n) is 17.2. The van der Waals surface area contributed by atoms with Gasteiger partial charge in [0.1, 0.15) is 16.1 Å². The Morgan fingerprint density at radius 2 is 0.688 bits per heavy atom. The number of fused-ring (bicyclic) bond motifs is 12. The minimum absolute atomic E-state index is 1.29. The van der Waals surface area contributed by atoms with Crippen molar-refractivity contribution < 1.29 is 0 Å². The summed E-state index contributed by atoms with van der Waals surface area (Å²) in [4.78, 5) is 0. The van der Waals surface area contributed by atoms with Gasteiger partial charge in [0, 0.05) is 0 Å². The molecule has 2 aliphatic rings. The summed E-state index contributed by atoms with van der Waals surface area (Å²) >= 11 is 0. The third-order valence-corrected chi connectivity index (χ3v) is 18.8. The molecule has 0 saturated carbocycles. The van der Waals surface area contributed by atoms with Gasteiger partial charge >= 0.3 is 0 Å². The number of hydrogen-bond donors (Lipinski definition) is 0. The maximum Gasteiger partial charge on any atom is 0.113 e. The SMILES string of the molecule is C[Si]1(C)c2cc(-c3ccc4ccccc4c3)ccc2-c2c1c1c(c3ccccc23)-c2ccc(-c3ccc4ccccc4c3)cc2[Si]1(C)C. The van der Waals surface area contributed by atoms with E-state index in [1.165, 1.54) is 76.8 Å². The van der Waals surface area contributed by atoms with Crippen molar-refractivity contribution in [3.8, 4) is 44.5 Å². The number of benzene rings is 8. The molecule has 2 heteroatoms. The van der Waals surface area contributed by atoms with Gasteiger partial charge in [0.25, 0.3) is 0 Å². The van der Waals surface area contributed by atoms with E-state index in [4.69, 9.17) is 0 Å². The summed E-state index contributed by atoms with van der Waals surface area (Å²) in [7, 11) is -4.15. The van der Waals surface area contributed by atoms with Crippen molar-refractivity contribution in [3.05, 3.63) is 146 Å². The highest BCUT2D eigenvalue weighted by Gasteiger charge is 2.49. The second-order valence-corrected chi connectivity index (χ2v) is 23.5. The van der Waals surface area contributed by atoms with Crippen molar-refractivity contribution in [1.29, 1.82) is 0 Å². The standard InChI is InChI=1S/C46H36Si2/c1-47(2)41-27-35(33-19-17-29-11-5-7-13-31(29)25-33)21-23-39(41)43-37-15-9-10-16-38(37)44-40-24-22-36(28-42(40)48(3,4)46(44)45(43)47)34-20-18-30-12-6-8-14-32(30)26-34/h5-28H,1-4H3. The van der Waals surface area contributed by atoms with E-state index in [9.17, 15) is 0 Å². The maximum absolute atomic E-state index is 2.62. The zero-order valence-corrected chi connectivity index (χ0v) is 29.9. The summed E-state index contributed by atoms with van der Waals surface area (Å²) in [5, 5.41) is 14.6. The van der Waals surface area contributed by atoms with Gasteiger partial charge in [-0.1, -0.05) is 160 Å². The minimum atomic E-state index is -2.07. The van der Waals surface area contributed by atoms with E-state index in [1.54, 1.807) is 20.7 Å². The quantitative estimate of drug-likeness (QED) is 0.164. The summed E-state index contributed by atoms with van der Waals surface area (Å²) in [6.07, 6.45) is 0. The van der Waals surface area contributed by atoms with Gasteiger partial charge in [-0.05, 0) is 110 Å². The largest absolute Gasteiger partial charge is 0.113 e. The first-order chi connectivity index (χ1) is 23.3. The lowest BCUT2D eigenvalue weighted by atomic mass is 9.90. The van der Waals surface area contributed by atoms with Crippen molar-refractivity contribution >= 4 is 69.2 Å². The Morgan fingerprint density at radius 3 is 1.12 bits per heavy atom. The molecular formula is C46H36Si2. The predicted molar refractivity (Wildman–Crippen MR) is 214 cm³/mol. The van der Waals surface area contributed by atoms with E-state index in [0.29, 0.717) is 0 Å². The Kier molecular flexibility index (Phi) is 5.70. The third-order valence-electron chi connectivity index (χ3n) is 11.6. The summed E-state index contributed by atoms with van der Waals surface area (Å²) in [5.74, 6) is 0. The Bertz CT molecular complexity index is 2490. The van der Waals surface area contributed by atoms with Crippen LogP contribution in [-0.2, 0) is 0 Å². The lowest BCUT2D eigenvalue weighted by molar-refractivity contribution is 1.66. The highest BCUT2D eigenvalue weighted by atomic mass is 28.3. The van der Waals surface area contributed by atoms with Gasteiger partial charge < -0.3 is 0 Å². The molecule has 8 aromatic carbocycles. The predicted octanol–water partition coefficient (Wildman–Crippen LogP) is 10.1. The molecule has 2 heterocycles. The fourth-order valence-electron chi connectivity index (χ4n) is 9.17. The van der Waals surface area contributed by atoms with Crippen LogP contribution in [0.3, 0.4) is 0 Å². The Morgan fingerprint density at radius 1 is 0.333 bits per heavy atom. The normalized spacial score (nSPS) is 15.0. The second-order valence-electron chi connectivity index (χ2n) is 14.9. The average Bonchev–Trinajstić information content (AvgIpc) is 3.50. The van der Waals surface area contributed by atoms with Crippen LogP contribution in [0.5, 0.6) is 0 Å². The number of hydrogen-bond acceptors (Lipinski definition) is 0. The first kappa shape index (κ1) is 28.0. The highest BCUT2D eigenvalue weighted by molar-refractivity contribution is 7.13. The lowest BCUT2D eigenvalue weighted by Gasteiger charge is -2.29. The van der Waals surface area contributed by atoms with Gasteiger partial charge in [-0.3, -0.25) is 0 Å². The fourth-order valence-corrected chi connectivity index (χ4v) is 17.7. The summed E-state index contributed by atoms with van der Waals surface area (Å²) in [6.45, 7) is 10.5. The molecule has 10 rings (SSSR count). The molecule has 228 valence electrons. The fraction of sp³-hybridized carbons (Fsp3) is 0.0870. The van der Waals surface area contributed by atoms with Crippen LogP contribution in [0.4, 0.5) is 0 Å². The molecule has 0 aromatic heterocycles. The van der Waals surface area contributed by atoms with Gasteiger partial charge in [-0.25, -0.2) is 0 Å². The van der Waals surface area contributed by atoms with E-state index in [2.05, 4.69) is 172 Å². The van der Waals surface area contributed by atoms with E-state index in [1.807, 2.05) is 0 Å². The Hall–Kier alpha value is -5.03. The average molecular weight is 645 g/mol. The molecule has 0 aliphatic carbocycles. The van der Waals surface area contributed by atoms with Crippen LogP contribution in [0.1, 0.15) is 0 Å². The molecular weight excluding hydrogens is 609 g/mol. The van der Waals surface area contributed by atoms with Crippen molar-refractivity contribution in [1.82, 2.24) is 0 Å². The molecule has 0 nitrogen and oxygen atoms in total. The molecule has 0 unspecified atom stereocenters. The van der Waals surface area contributed by atoms with Crippen LogP contribution in [0.25, 0.3) is 76.8 Å². The minimum Gasteiger partial charge on any atom is -0.0616 e. The van der Waals surface area contributed by atoms with Gasteiger partial charge in [0.2, 0.25) is 0 Å². The van der Waals surface area contributed by atoms with Crippen LogP contribution < -0.4 is 20.7 Å². The van der Waals surface area contributed by atoms with Gasteiger partial charge in [-0.2, -0.15) is 0 Å². The van der Waals surface area contributed by atoms with E-state index in [0.717, 1.165) is 0 Å². The summed E-state index contributed by atoms with van der Waals surface area (Å²) < 4.78 is 0. The molecule has 0 fully saturated rings. The van der Waals surface area contributed by atoms with Crippen molar-refractivity contribution in [2.75, 3.05) is 0 Å². The Labute approximate surface area is 284 Å². The molecule has 0 spiro atoms. The number of rotatable bonds is 2. The molecule has 48 heavy (non-hydrogen) atoms. The maximum atomic E-state index is 2.62. The van der Waals surface area contributed by atoms with Crippen LogP contribution in [0.2, 0.25) is 26.2 Å². The zero-order chi connectivity index (χ0) is 32.4. The van der Waals surface area contributed by atoms with Crippen molar-refractivity contribution in [2.24, 2.45) is 0 Å². The van der Waals surface area contributed by atoms with Crippen LogP contribution in [0.15, 0.2) is 146 Å². The smallest absolute Gasteiger partial charge is 0.0616 e. The monoisotopic (exact) mass is 644 g/mol. The van der Waals surface area contributed by atoms with Gasteiger partial charge in [-0.15, -0.1) is 0 Å². The van der Waals surface area contributed by atoms with Gasteiger partial charge in [0.15, 0.2) is 0 Å². The molecule has 0 amide bonds. The molecule has 0 radical (unpaired) electrons. The Balaban J connectivity index is 1.19.